The fourth-order valence-corrected chi connectivity index (χ4v) is 3.54. The predicted octanol–water partition coefficient (Wildman–Crippen LogP) is 2.33. The number of hydrogen-bond donors (Lipinski definition) is 2. The summed E-state index contributed by atoms with van der Waals surface area (Å²) in [4.78, 5) is 31.0. The third-order valence-corrected chi connectivity index (χ3v) is 5.11. The molecule has 4 rings (SSSR count). The second kappa shape index (κ2) is 7.36. The van der Waals surface area contributed by atoms with E-state index in [0.717, 1.165) is 24.1 Å². The van der Waals surface area contributed by atoms with Crippen LogP contribution in [0.25, 0.3) is 0 Å². The number of nitrogens with zero attached hydrogens (tertiary/aromatic N) is 2. The van der Waals surface area contributed by atoms with E-state index in [9.17, 15) is 9.59 Å². The maximum absolute atomic E-state index is 12.4. The fraction of sp³-hybridized carbons (Fsp3) is 0.350. The first-order valence-electron chi connectivity index (χ1n) is 9.11. The van der Waals surface area contributed by atoms with Crippen molar-refractivity contribution in [2.45, 2.75) is 19.0 Å². The summed E-state index contributed by atoms with van der Waals surface area (Å²) in [6, 6.07) is 11.1. The van der Waals surface area contributed by atoms with E-state index in [2.05, 4.69) is 15.6 Å². The van der Waals surface area contributed by atoms with Crippen LogP contribution < -0.4 is 15.5 Å². The molecular weight excluding hydrogens is 344 g/mol. The molecule has 2 aliphatic rings. The molecule has 2 aromatic rings. The van der Waals surface area contributed by atoms with Crippen molar-refractivity contribution in [2.75, 3.05) is 30.5 Å². The van der Waals surface area contributed by atoms with Gasteiger partial charge in [-0.25, -0.2) is 4.98 Å². The van der Waals surface area contributed by atoms with E-state index in [-0.39, 0.29) is 23.9 Å². The third-order valence-electron chi connectivity index (χ3n) is 5.11. The van der Waals surface area contributed by atoms with Gasteiger partial charge in [-0.05, 0) is 42.7 Å². The molecular formula is C20H22N4O3. The number of carbonyl (C=O) groups excluding carboxylic acids is 2. The van der Waals surface area contributed by atoms with Gasteiger partial charge in [0.25, 0.3) is 5.91 Å². The van der Waals surface area contributed by atoms with Crippen molar-refractivity contribution in [2.24, 2.45) is 5.92 Å². The van der Waals surface area contributed by atoms with Crippen molar-refractivity contribution in [3.63, 3.8) is 0 Å². The fourth-order valence-electron chi connectivity index (χ4n) is 3.54. The monoisotopic (exact) mass is 366 g/mol. The summed E-state index contributed by atoms with van der Waals surface area (Å²) in [7, 11) is 1.90. The average Bonchev–Trinajstić information content (AvgIpc) is 2.72. The minimum atomic E-state index is -0.305. The number of ether oxygens (including phenoxy) is 1. The minimum absolute atomic E-state index is 0.00442. The van der Waals surface area contributed by atoms with Gasteiger partial charge in [-0.2, -0.15) is 0 Å². The number of fused-ring (bicyclic) bond motifs is 1. The second-order valence-electron chi connectivity index (χ2n) is 6.86. The van der Waals surface area contributed by atoms with Crippen LogP contribution in [0.3, 0.4) is 0 Å². The maximum Gasteiger partial charge on any atom is 0.256 e. The lowest BCUT2D eigenvalue weighted by Gasteiger charge is -2.35. The molecule has 27 heavy (non-hydrogen) atoms. The Kier molecular flexibility index (Phi) is 4.77. The molecule has 1 aromatic carbocycles. The highest BCUT2D eigenvalue weighted by Gasteiger charge is 2.30. The van der Waals surface area contributed by atoms with Crippen LogP contribution in [0.1, 0.15) is 34.9 Å². The topological polar surface area (TPSA) is 83.6 Å². The average molecular weight is 366 g/mol. The first-order chi connectivity index (χ1) is 13.1. The molecule has 1 aromatic heterocycles. The molecule has 1 fully saturated rings. The minimum Gasteiger partial charge on any atom is -0.381 e. The molecule has 0 spiro atoms. The lowest BCUT2D eigenvalue weighted by molar-refractivity contribution is -0.122. The van der Waals surface area contributed by atoms with Crippen LogP contribution in [0.2, 0.25) is 0 Å². The number of rotatable bonds is 3. The third kappa shape index (κ3) is 3.50. The lowest BCUT2D eigenvalue weighted by Crippen LogP contribution is -2.45. The summed E-state index contributed by atoms with van der Waals surface area (Å²) < 4.78 is 5.30. The number of carbonyl (C=O) groups is 2. The maximum atomic E-state index is 12.4. The molecule has 3 heterocycles. The van der Waals surface area contributed by atoms with Gasteiger partial charge in [-0.15, -0.1) is 0 Å². The van der Waals surface area contributed by atoms with Crippen molar-refractivity contribution < 1.29 is 14.3 Å². The summed E-state index contributed by atoms with van der Waals surface area (Å²) in [5.74, 6) is 0.554. The zero-order chi connectivity index (χ0) is 18.8. The second-order valence-corrected chi connectivity index (χ2v) is 6.86. The van der Waals surface area contributed by atoms with Crippen LogP contribution in [0, 0.1) is 5.92 Å². The quantitative estimate of drug-likeness (QED) is 0.871. The first-order valence-corrected chi connectivity index (χ1v) is 9.11. The van der Waals surface area contributed by atoms with Crippen molar-refractivity contribution in [1.29, 1.82) is 0 Å². The number of nitrogens with one attached hydrogen (secondary N) is 2. The summed E-state index contributed by atoms with van der Waals surface area (Å²) in [6.45, 7) is 1.28. The number of amides is 2. The Labute approximate surface area is 157 Å². The molecule has 0 bridgehead atoms. The molecule has 2 N–H and O–H groups in total. The van der Waals surface area contributed by atoms with E-state index < -0.39 is 0 Å². The molecule has 1 unspecified atom stereocenters. The van der Waals surface area contributed by atoms with Crippen molar-refractivity contribution >= 4 is 23.3 Å². The van der Waals surface area contributed by atoms with E-state index in [1.807, 2.05) is 36.2 Å². The number of anilines is 2. The van der Waals surface area contributed by atoms with Gasteiger partial charge < -0.3 is 20.3 Å². The lowest BCUT2D eigenvalue weighted by atomic mass is 9.99. The van der Waals surface area contributed by atoms with E-state index in [1.54, 1.807) is 18.3 Å². The van der Waals surface area contributed by atoms with E-state index >= 15 is 0 Å². The number of benzene rings is 1. The Morgan fingerprint density at radius 2 is 1.96 bits per heavy atom. The highest BCUT2D eigenvalue weighted by molar-refractivity contribution is 6.01. The smallest absolute Gasteiger partial charge is 0.256 e. The molecule has 7 nitrogen and oxygen atoms in total. The Morgan fingerprint density at radius 3 is 2.70 bits per heavy atom. The molecule has 7 heteroatoms. The van der Waals surface area contributed by atoms with E-state index in [0.29, 0.717) is 24.6 Å². The number of pyridine rings is 1. The van der Waals surface area contributed by atoms with Gasteiger partial charge in [0.1, 0.15) is 12.0 Å². The Morgan fingerprint density at radius 1 is 1.22 bits per heavy atom. The Bertz CT molecular complexity index is 847. The summed E-state index contributed by atoms with van der Waals surface area (Å²) >= 11 is 0. The van der Waals surface area contributed by atoms with Crippen molar-refractivity contribution in [1.82, 2.24) is 10.3 Å². The highest BCUT2D eigenvalue weighted by Crippen LogP contribution is 2.30. The normalized spacial score (nSPS) is 20.0. The largest absolute Gasteiger partial charge is 0.381 e. The van der Waals surface area contributed by atoms with Gasteiger partial charge in [0.2, 0.25) is 5.91 Å². The van der Waals surface area contributed by atoms with Gasteiger partial charge in [0.15, 0.2) is 0 Å². The summed E-state index contributed by atoms with van der Waals surface area (Å²) in [5, 5.41) is 5.97. The van der Waals surface area contributed by atoms with Gasteiger partial charge in [-0.3, -0.25) is 9.59 Å². The van der Waals surface area contributed by atoms with Gasteiger partial charge in [0, 0.05) is 38.1 Å². The van der Waals surface area contributed by atoms with Crippen molar-refractivity contribution in [3.8, 4) is 0 Å². The molecule has 0 aliphatic carbocycles. The summed E-state index contributed by atoms with van der Waals surface area (Å²) in [5.41, 5.74) is 2.24. The van der Waals surface area contributed by atoms with Crippen LogP contribution in [0.15, 0.2) is 42.6 Å². The highest BCUT2D eigenvalue weighted by atomic mass is 16.5. The standard InChI is InChI=1S/C20H22N4O3/c1-24-17(23-20(26)16-3-2-10-21-18(16)24)13-4-6-15(7-5-13)22-19(25)14-8-11-27-12-9-14/h2-7,10,14,17H,8-9,11-12H2,1H3,(H,22,25)(H,23,26). The SMILES string of the molecule is CN1c2ncccc2C(=O)NC1c1ccc(NC(=O)C2CCOCC2)cc1. The number of hydrogen-bond acceptors (Lipinski definition) is 5. The molecule has 1 saturated heterocycles. The predicted molar refractivity (Wildman–Crippen MR) is 101 cm³/mol. The first kappa shape index (κ1) is 17.5. The van der Waals surface area contributed by atoms with Crippen molar-refractivity contribution in [3.05, 3.63) is 53.7 Å². The number of aromatic nitrogens is 1. The summed E-state index contributed by atoms with van der Waals surface area (Å²) in [6.07, 6.45) is 2.89. The van der Waals surface area contributed by atoms with E-state index in [1.165, 1.54) is 0 Å². The Hall–Kier alpha value is -2.93. The van der Waals surface area contributed by atoms with Crippen LogP contribution in [-0.2, 0) is 9.53 Å². The Balaban J connectivity index is 1.48. The van der Waals surface area contributed by atoms with Gasteiger partial charge in [0.05, 0.1) is 5.56 Å². The zero-order valence-electron chi connectivity index (χ0n) is 15.1. The van der Waals surface area contributed by atoms with Gasteiger partial charge >= 0.3 is 0 Å². The van der Waals surface area contributed by atoms with Crippen LogP contribution >= 0.6 is 0 Å². The zero-order valence-corrected chi connectivity index (χ0v) is 15.1. The molecule has 140 valence electrons. The molecule has 2 amide bonds. The van der Waals surface area contributed by atoms with Crippen LogP contribution in [-0.4, -0.2) is 37.1 Å². The molecule has 0 radical (unpaired) electrons. The molecule has 0 saturated carbocycles. The molecule has 1 atom stereocenters. The van der Waals surface area contributed by atoms with Gasteiger partial charge in [-0.1, -0.05) is 12.1 Å². The van der Waals surface area contributed by atoms with Crippen LogP contribution in [0.4, 0.5) is 11.5 Å². The molecule has 2 aliphatic heterocycles. The van der Waals surface area contributed by atoms with E-state index in [4.69, 9.17) is 4.74 Å². The van der Waals surface area contributed by atoms with Crippen LogP contribution in [0.5, 0.6) is 0 Å².